The Morgan fingerprint density at radius 3 is 2.17 bits per heavy atom. The van der Waals surface area contributed by atoms with Gasteiger partial charge < -0.3 is 9.47 Å². The average molecular weight is 664 g/mol. The maximum Gasteiger partial charge on any atom is 0.323 e. The Hall–Kier alpha value is -3.56. The van der Waals surface area contributed by atoms with Crippen LogP contribution in [0.4, 0.5) is 4.39 Å². The van der Waals surface area contributed by atoms with Gasteiger partial charge in [0, 0.05) is 18.9 Å². The van der Waals surface area contributed by atoms with Crippen LogP contribution in [0.1, 0.15) is 70.3 Å². The van der Waals surface area contributed by atoms with Crippen LogP contribution in [0.15, 0.2) is 77.7 Å². The van der Waals surface area contributed by atoms with Crippen molar-refractivity contribution in [2.24, 2.45) is 11.8 Å². The van der Waals surface area contributed by atoms with E-state index in [1.54, 1.807) is 24.3 Å². The number of sulfone groups is 1. The summed E-state index contributed by atoms with van der Waals surface area (Å²) in [6.07, 6.45) is 5.06. The topological polar surface area (TPSA) is 90.0 Å². The fourth-order valence-electron chi connectivity index (χ4n) is 6.91. The molecule has 0 N–H and O–H groups in total. The molecule has 2 aliphatic rings. The quantitative estimate of drug-likeness (QED) is 0.168. The van der Waals surface area contributed by atoms with E-state index in [4.69, 9.17) is 9.47 Å². The molecular formula is C38H46FNO6S. The highest BCUT2D eigenvalue weighted by Crippen LogP contribution is 2.34. The SMILES string of the molecule is CCOC(=O)[C@@H]1CCCN1CCOc1ccc(-c2ccc(S(=O)(=O)CC3CCC(C(=O)C[C@H](C)c4ccc(F)cc4)CC3)cc2)cc1. The van der Waals surface area contributed by atoms with Crippen LogP contribution in [0.5, 0.6) is 5.75 Å². The summed E-state index contributed by atoms with van der Waals surface area (Å²) < 4.78 is 50.9. The highest BCUT2D eigenvalue weighted by atomic mass is 32.2. The molecule has 3 aromatic carbocycles. The van der Waals surface area contributed by atoms with E-state index in [0.717, 1.165) is 54.7 Å². The van der Waals surface area contributed by atoms with Crippen LogP contribution in [0.2, 0.25) is 0 Å². The molecule has 0 radical (unpaired) electrons. The summed E-state index contributed by atoms with van der Waals surface area (Å²) in [6.45, 7) is 6.18. The van der Waals surface area contributed by atoms with E-state index >= 15 is 0 Å². The number of Topliss-reactive ketones (excluding diaryl/α,β-unsaturated/α-hetero) is 1. The zero-order valence-corrected chi connectivity index (χ0v) is 28.2. The Balaban J connectivity index is 1.07. The van der Waals surface area contributed by atoms with Crippen molar-refractivity contribution < 1.29 is 31.9 Å². The van der Waals surface area contributed by atoms with Gasteiger partial charge in [0.2, 0.25) is 0 Å². The van der Waals surface area contributed by atoms with E-state index in [1.165, 1.54) is 12.1 Å². The Bertz CT molecular complexity index is 1580. The number of hydrogen-bond acceptors (Lipinski definition) is 7. The van der Waals surface area contributed by atoms with Crippen LogP contribution in [-0.4, -0.2) is 63.2 Å². The predicted molar refractivity (Wildman–Crippen MR) is 181 cm³/mol. The van der Waals surface area contributed by atoms with Gasteiger partial charge in [0.25, 0.3) is 0 Å². The van der Waals surface area contributed by atoms with Crippen molar-refractivity contribution in [3.8, 4) is 16.9 Å². The zero-order chi connectivity index (χ0) is 33.4. The summed E-state index contributed by atoms with van der Waals surface area (Å²) >= 11 is 0. The number of carbonyl (C=O) groups is 2. The molecule has 7 nitrogen and oxygen atoms in total. The molecule has 1 aliphatic heterocycles. The molecule has 0 bridgehead atoms. The molecule has 5 rings (SSSR count). The first-order chi connectivity index (χ1) is 22.6. The fourth-order valence-corrected chi connectivity index (χ4v) is 8.61. The van der Waals surface area contributed by atoms with Gasteiger partial charge in [-0.15, -0.1) is 0 Å². The Labute approximate surface area is 278 Å². The first-order valence-electron chi connectivity index (χ1n) is 16.9. The number of benzene rings is 3. The number of rotatable bonds is 14. The van der Waals surface area contributed by atoms with Crippen molar-refractivity contribution in [1.29, 1.82) is 0 Å². The van der Waals surface area contributed by atoms with Crippen molar-refractivity contribution >= 4 is 21.6 Å². The normalized spacial score (nSPS) is 20.9. The van der Waals surface area contributed by atoms with Gasteiger partial charge in [-0.3, -0.25) is 14.5 Å². The third-order valence-electron chi connectivity index (χ3n) is 9.67. The maximum atomic E-state index is 13.3. The van der Waals surface area contributed by atoms with Gasteiger partial charge in [-0.25, -0.2) is 12.8 Å². The van der Waals surface area contributed by atoms with Crippen LogP contribution in [0, 0.1) is 17.7 Å². The minimum Gasteiger partial charge on any atom is -0.492 e. The molecule has 2 fully saturated rings. The van der Waals surface area contributed by atoms with Gasteiger partial charge >= 0.3 is 5.97 Å². The molecule has 1 aliphatic carbocycles. The lowest BCUT2D eigenvalue weighted by atomic mass is 9.78. The smallest absolute Gasteiger partial charge is 0.323 e. The fraction of sp³-hybridized carbons (Fsp3) is 0.474. The summed E-state index contributed by atoms with van der Waals surface area (Å²) in [6, 6.07) is 20.9. The summed E-state index contributed by atoms with van der Waals surface area (Å²) in [5.41, 5.74) is 2.83. The summed E-state index contributed by atoms with van der Waals surface area (Å²) in [5.74, 6) is 0.607. The molecule has 3 aromatic rings. The first-order valence-corrected chi connectivity index (χ1v) is 18.5. The Kier molecular flexibility index (Phi) is 11.9. The number of halogens is 1. The largest absolute Gasteiger partial charge is 0.492 e. The lowest BCUT2D eigenvalue weighted by molar-refractivity contribution is -0.148. The number of ether oxygens (including phenoxy) is 2. The van der Waals surface area contributed by atoms with Crippen LogP contribution in [0.3, 0.4) is 0 Å². The van der Waals surface area contributed by atoms with Crippen LogP contribution < -0.4 is 4.74 Å². The molecule has 1 saturated carbocycles. The van der Waals surface area contributed by atoms with E-state index in [0.29, 0.717) is 43.9 Å². The molecule has 2 atom stereocenters. The first kappa shape index (κ1) is 34.8. The number of nitrogens with zero attached hydrogens (tertiary/aromatic N) is 1. The Morgan fingerprint density at radius 1 is 0.894 bits per heavy atom. The van der Waals surface area contributed by atoms with E-state index in [9.17, 15) is 22.4 Å². The minimum atomic E-state index is -3.46. The van der Waals surface area contributed by atoms with Crippen LogP contribution in [-0.2, 0) is 24.2 Å². The monoisotopic (exact) mass is 663 g/mol. The van der Waals surface area contributed by atoms with Gasteiger partial charge in [0.05, 0.1) is 17.3 Å². The van der Waals surface area contributed by atoms with Gasteiger partial charge in [-0.2, -0.15) is 0 Å². The van der Waals surface area contributed by atoms with Crippen LogP contribution >= 0.6 is 0 Å². The average Bonchev–Trinajstić information content (AvgIpc) is 3.54. The maximum absolute atomic E-state index is 13.3. The molecule has 252 valence electrons. The summed E-state index contributed by atoms with van der Waals surface area (Å²) in [5, 5.41) is 0. The lowest BCUT2D eigenvalue weighted by Crippen LogP contribution is -2.39. The van der Waals surface area contributed by atoms with Crippen molar-refractivity contribution in [3.63, 3.8) is 0 Å². The third-order valence-corrected chi connectivity index (χ3v) is 11.6. The standard InChI is InChI=1S/C38H46FNO6S/c1-3-45-38(42)36-5-4-22-40(36)23-24-46-34-18-12-30(13-19-34)31-14-20-35(21-15-31)47(43,44)26-28-6-8-32(9-7-28)37(41)25-27(2)29-10-16-33(39)17-11-29/h10-21,27-28,32,36H,3-9,22-26H2,1-2H3/t27-,28?,32?,36-/m0/s1. The predicted octanol–water partition coefficient (Wildman–Crippen LogP) is 7.24. The zero-order valence-electron chi connectivity index (χ0n) is 27.4. The molecule has 0 aromatic heterocycles. The second-order valence-corrected chi connectivity index (χ2v) is 15.0. The van der Waals surface area contributed by atoms with E-state index in [-0.39, 0.29) is 47.1 Å². The highest BCUT2D eigenvalue weighted by molar-refractivity contribution is 7.91. The van der Waals surface area contributed by atoms with Crippen LogP contribution in [0.25, 0.3) is 11.1 Å². The Morgan fingerprint density at radius 2 is 1.53 bits per heavy atom. The number of ketones is 1. The van der Waals surface area contributed by atoms with Gasteiger partial charge in [0.15, 0.2) is 9.84 Å². The van der Waals surface area contributed by atoms with E-state index in [1.807, 2.05) is 50.2 Å². The van der Waals surface area contributed by atoms with Gasteiger partial charge in [0.1, 0.15) is 30.0 Å². The molecule has 9 heteroatoms. The van der Waals surface area contributed by atoms with Gasteiger partial charge in [-0.1, -0.05) is 43.3 Å². The summed E-state index contributed by atoms with van der Waals surface area (Å²) in [7, 11) is -3.46. The van der Waals surface area contributed by atoms with Crippen molar-refractivity contribution in [2.75, 3.05) is 32.1 Å². The number of hydrogen-bond donors (Lipinski definition) is 0. The lowest BCUT2D eigenvalue weighted by Gasteiger charge is -2.28. The van der Waals surface area contributed by atoms with Crippen molar-refractivity contribution in [2.45, 2.75) is 75.6 Å². The highest BCUT2D eigenvalue weighted by Gasteiger charge is 2.32. The number of esters is 1. The van der Waals surface area contributed by atoms with Gasteiger partial charge in [-0.05, 0) is 117 Å². The van der Waals surface area contributed by atoms with E-state index < -0.39 is 9.84 Å². The number of likely N-dealkylation sites (tertiary alicyclic amines) is 1. The summed E-state index contributed by atoms with van der Waals surface area (Å²) in [4.78, 5) is 27.6. The molecule has 1 heterocycles. The molecule has 47 heavy (non-hydrogen) atoms. The third kappa shape index (κ3) is 9.29. The second-order valence-electron chi connectivity index (χ2n) is 13.0. The van der Waals surface area contributed by atoms with E-state index in [2.05, 4.69) is 4.90 Å². The second kappa shape index (κ2) is 16.0. The molecule has 0 unspecified atom stereocenters. The van der Waals surface area contributed by atoms with Crippen molar-refractivity contribution in [1.82, 2.24) is 4.90 Å². The molecular weight excluding hydrogens is 617 g/mol. The molecule has 0 amide bonds. The number of carbonyl (C=O) groups excluding carboxylic acids is 2. The molecule has 1 saturated heterocycles. The molecule has 0 spiro atoms. The van der Waals surface area contributed by atoms with Crippen molar-refractivity contribution in [3.05, 3.63) is 84.2 Å². The minimum absolute atomic E-state index is 0.0220.